The number of esters is 1. The Balaban J connectivity index is 1.96. The van der Waals surface area contributed by atoms with E-state index in [-0.39, 0.29) is 17.7 Å². The molecule has 0 spiro atoms. The zero-order valence-corrected chi connectivity index (χ0v) is 11.1. The molecule has 3 atom stereocenters. The maximum absolute atomic E-state index is 11.4. The molecule has 0 aromatic heterocycles. The SMILES string of the molecule is COC(=O)[C@H]1CC[NH+]1C[C@H](O)c1ccc([N+](=O)[O-])cc1. The summed E-state index contributed by atoms with van der Waals surface area (Å²) >= 11 is 0. The van der Waals surface area contributed by atoms with E-state index in [1.807, 2.05) is 0 Å². The number of quaternary nitrogens is 1. The normalized spacial score (nSPS) is 22.7. The first-order chi connectivity index (χ1) is 9.52. The second kappa shape index (κ2) is 5.98. The molecule has 0 bridgehead atoms. The molecule has 0 radical (unpaired) electrons. The van der Waals surface area contributed by atoms with Gasteiger partial charge in [0.25, 0.3) is 5.69 Å². The fourth-order valence-electron chi connectivity index (χ4n) is 2.35. The highest BCUT2D eigenvalue weighted by Crippen LogP contribution is 2.17. The van der Waals surface area contributed by atoms with Crippen LogP contribution in [-0.4, -0.2) is 42.2 Å². The van der Waals surface area contributed by atoms with Crippen molar-refractivity contribution in [3.8, 4) is 0 Å². The topological polar surface area (TPSA) is 94.1 Å². The third-order valence-electron chi connectivity index (χ3n) is 3.68. The number of nitro benzene ring substituents is 1. The number of methoxy groups -OCH3 is 1. The Bertz CT molecular complexity index is 502. The lowest BCUT2D eigenvalue weighted by Crippen LogP contribution is -3.23. The lowest BCUT2D eigenvalue weighted by molar-refractivity contribution is -0.960. The molecule has 7 heteroatoms. The largest absolute Gasteiger partial charge is 0.465 e. The number of ether oxygens (including phenoxy) is 1. The highest BCUT2D eigenvalue weighted by atomic mass is 16.6. The average molecular weight is 281 g/mol. The van der Waals surface area contributed by atoms with E-state index in [1.165, 1.54) is 31.4 Å². The van der Waals surface area contributed by atoms with Gasteiger partial charge < -0.3 is 14.7 Å². The zero-order chi connectivity index (χ0) is 14.7. The minimum Gasteiger partial charge on any atom is -0.465 e. The molecule has 7 nitrogen and oxygen atoms in total. The van der Waals surface area contributed by atoms with Crippen molar-refractivity contribution in [3.05, 3.63) is 39.9 Å². The second-order valence-electron chi connectivity index (χ2n) is 4.84. The molecule has 0 aliphatic carbocycles. The van der Waals surface area contributed by atoms with E-state index in [9.17, 15) is 20.0 Å². The van der Waals surface area contributed by atoms with Gasteiger partial charge in [-0.3, -0.25) is 10.1 Å². The van der Waals surface area contributed by atoms with Crippen LogP contribution in [0, 0.1) is 10.1 Å². The van der Waals surface area contributed by atoms with Crippen LogP contribution in [-0.2, 0) is 9.53 Å². The minimum atomic E-state index is -0.752. The summed E-state index contributed by atoms with van der Waals surface area (Å²) in [7, 11) is 1.35. The van der Waals surface area contributed by atoms with Crippen molar-refractivity contribution in [1.29, 1.82) is 0 Å². The van der Waals surface area contributed by atoms with Crippen LogP contribution < -0.4 is 4.90 Å². The third-order valence-corrected chi connectivity index (χ3v) is 3.68. The molecular formula is C13H17N2O5+. The van der Waals surface area contributed by atoms with E-state index in [0.29, 0.717) is 12.1 Å². The number of non-ortho nitro benzene ring substituents is 1. The fraction of sp³-hybridized carbons (Fsp3) is 0.462. The van der Waals surface area contributed by atoms with Crippen LogP contribution in [0.1, 0.15) is 18.1 Å². The predicted molar refractivity (Wildman–Crippen MR) is 69.2 cm³/mol. The first-order valence-electron chi connectivity index (χ1n) is 6.37. The molecule has 1 unspecified atom stereocenters. The molecule has 1 aromatic carbocycles. The number of carbonyl (C=O) groups is 1. The summed E-state index contributed by atoms with van der Waals surface area (Å²) in [5, 5.41) is 20.7. The number of aliphatic hydroxyl groups excluding tert-OH is 1. The van der Waals surface area contributed by atoms with Gasteiger partial charge in [0.15, 0.2) is 6.04 Å². The number of nitrogens with zero attached hydrogens (tertiary/aromatic N) is 1. The summed E-state index contributed by atoms with van der Waals surface area (Å²) in [4.78, 5) is 22.5. The molecule has 0 saturated carbocycles. The van der Waals surface area contributed by atoms with Crippen LogP contribution in [0.15, 0.2) is 24.3 Å². The van der Waals surface area contributed by atoms with Crippen LogP contribution in [0.5, 0.6) is 0 Å². The van der Waals surface area contributed by atoms with Crippen molar-refractivity contribution in [2.75, 3.05) is 20.2 Å². The molecule has 2 N–H and O–H groups in total. The van der Waals surface area contributed by atoms with Gasteiger partial charge in [-0.15, -0.1) is 0 Å². The summed E-state index contributed by atoms with van der Waals surface area (Å²) < 4.78 is 4.70. The molecular weight excluding hydrogens is 264 g/mol. The van der Waals surface area contributed by atoms with Gasteiger partial charge in [-0.2, -0.15) is 0 Å². The van der Waals surface area contributed by atoms with Gasteiger partial charge in [0.1, 0.15) is 12.6 Å². The Labute approximate surface area is 115 Å². The van der Waals surface area contributed by atoms with Gasteiger partial charge in [0, 0.05) is 12.1 Å². The third kappa shape index (κ3) is 2.94. The number of rotatable bonds is 5. The number of carbonyl (C=O) groups excluding carboxylic acids is 1. The molecule has 1 fully saturated rings. The van der Waals surface area contributed by atoms with Gasteiger partial charge in [-0.25, -0.2) is 4.79 Å². The van der Waals surface area contributed by atoms with Crippen LogP contribution in [0.25, 0.3) is 0 Å². The van der Waals surface area contributed by atoms with Crippen LogP contribution in [0.3, 0.4) is 0 Å². The monoisotopic (exact) mass is 281 g/mol. The summed E-state index contributed by atoms with van der Waals surface area (Å²) in [6, 6.07) is 5.58. The van der Waals surface area contributed by atoms with Gasteiger partial charge in [-0.1, -0.05) is 0 Å². The maximum Gasteiger partial charge on any atom is 0.364 e. The van der Waals surface area contributed by atoms with Crippen LogP contribution >= 0.6 is 0 Å². The van der Waals surface area contributed by atoms with E-state index in [0.717, 1.165) is 17.9 Å². The average Bonchev–Trinajstić information content (AvgIpc) is 2.43. The smallest absolute Gasteiger partial charge is 0.364 e. The fourth-order valence-corrected chi connectivity index (χ4v) is 2.35. The molecule has 1 aliphatic rings. The number of aliphatic hydroxyl groups is 1. The highest BCUT2D eigenvalue weighted by Gasteiger charge is 2.40. The molecule has 108 valence electrons. The standard InChI is InChI=1S/C13H16N2O5/c1-20-13(17)11-6-7-14(11)8-12(16)9-2-4-10(5-3-9)15(18)19/h2-5,11-12,16H,6-8H2,1H3/p+1/t11-,12+/m1/s1. The van der Waals surface area contributed by atoms with Crippen molar-refractivity contribution in [2.45, 2.75) is 18.6 Å². The molecule has 1 heterocycles. The van der Waals surface area contributed by atoms with Crippen molar-refractivity contribution in [3.63, 3.8) is 0 Å². The minimum absolute atomic E-state index is 0.00955. The second-order valence-corrected chi connectivity index (χ2v) is 4.84. The van der Waals surface area contributed by atoms with Gasteiger partial charge in [-0.05, 0) is 17.7 Å². The lowest BCUT2D eigenvalue weighted by atomic mass is 10.0. The van der Waals surface area contributed by atoms with Crippen LogP contribution in [0.2, 0.25) is 0 Å². The molecule has 2 rings (SSSR count). The Morgan fingerprint density at radius 2 is 2.20 bits per heavy atom. The molecule has 20 heavy (non-hydrogen) atoms. The Morgan fingerprint density at radius 3 is 2.65 bits per heavy atom. The van der Waals surface area contributed by atoms with Crippen molar-refractivity contribution in [2.24, 2.45) is 0 Å². The van der Waals surface area contributed by atoms with E-state index in [1.54, 1.807) is 0 Å². The van der Waals surface area contributed by atoms with Crippen molar-refractivity contribution >= 4 is 11.7 Å². The first kappa shape index (κ1) is 14.4. The lowest BCUT2D eigenvalue weighted by Gasteiger charge is -2.36. The molecule has 1 aromatic rings. The van der Waals surface area contributed by atoms with Gasteiger partial charge in [0.05, 0.1) is 25.0 Å². The van der Waals surface area contributed by atoms with E-state index >= 15 is 0 Å². The highest BCUT2D eigenvalue weighted by molar-refractivity contribution is 5.74. The number of nitro groups is 1. The molecule has 1 aliphatic heterocycles. The molecule has 0 amide bonds. The summed E-state index contributed by atoms with van der Waals surface area (Å²) in [6.07, 6.45) is 0.00731. The number of benzene rings is 1. The Hall–Kier alpha value is -1.99. The summed E-state index contributed by atoms with van der Waals surface area (Å²) in [5.74, 6) is -0.262. The summed E-state index contributed by atoms with van der Waals surface area (Å²) in [6.45, 7) is 1.20. The zero-order valence-electron chi connectivity index (χ0n) is 11.1. The number of nitrogens with one attached hydrogen (secondary N) is 1. The van der Waals surface area contributed by atoms with E-state index < -0.39 is 11.0 Å². The molecule has 1 saturated heterocycles. The Morgan fingerprint density at radius 1 is 1.55 bits per heavy atom. The van der Waals surface area contributed by atoms with Crippen LogP contribution in [0.4, 0.5) is 5.69 Å². The number of hydrogen-bond acceptors (Lipinski definition) is 5. The van der Waals surface area contributed by atoms with Gasteiger partial charge >= 0.3 is 5.97 Å². The predicted octanol–water partition coefficient (Wildman–Crippen LogP) is -0.542. The quantitative estimate of drug-likeness (QED) is 0.429. The number of likely N-dealkylation sites (tertiary alicyclic amines) is 1. The van der Waals surface area contributed by atoms with Gasteiger partial charge in [0.2, 0.25) is 0 Å². The van der Waals surface area contributed by atoms with E-state index in [4.69, 9.17) is 4.74 Å². The number of hydrogen-bond donors (Lipinski definition) is 2. The maximum atomic E-state index is 11.4. The first-order valence-corrected chi connectivity index (χ1v) is 6.37. The Kier molecular flexibility index (Phi) is 4.31. The van der Waals surface area contributed by atoms with Crippen molar-refractivity contribution < 1.29 is 24.5 Å². The van der Waals surface area contributed by atoms with E-state index in [2.05, 4.69) is 0 Å². The van der Waals surface area contributed by atoms with Crippen molar-refractivity contribution in [1.82, 2.24) is 0 Å². The summed E-state index contributed by atoms with van der Waals surface area (Å²) in [5.41, 5.74) is 0.600.